The summed E-state index contributed by atoms with van der Waals surface area (Å²) in [7, 11) is 0. The summed E-state index contributed by atoms with van der Waals surface area (Å²) in [6.45, 7) is 4.16. The topological polar surface area (TPSA) is 207 Å². The van der Waals surface area contributed by atoms with Crippen LogP contribution in [-0.4, -0.2) is 83.3 Å². The Hall–Kier alpha value is -4.49. The highest BCUT2D eigenvalue weighted by molar-refractivity contribution is 5.85. The average Bonchev–Trinajstić information content (AvgIpc) is 2.99. The number of benzene rings is 2. The lowest BCUT2D eigenvalue weighted by Gasteiger charge is -2.36. The summed E-state index contributed by atoms with van der Waals surface area (Å²) in [4.78, 5) is 54.3. The lowest BCUT2D eigenvalue weighted by molar-refractivity contribution is -0.139. The lowest BCUT2D eigenvalue weighted by Crippen LogP contribution is -2.66. The smallest absolute Gasteiger partial charge is 0.326 e. The van der Waals surface area contributed by atoms with Gasteiger partial charge in [0.05, 0.1) is 24.2 Å². The summed E-state index contributed by atoms with van der Waals surface area (Å²) < 4.78 is 0. The molecule has 0 aromatic heterocycles. The molecule has 2 aromatic rings. The molecule has 1 aliphatic rings. The van der Waals surface area contributed by atoms with Crippen LogP contribution in [0.5, 0.6) is 0 Å². The average molecular weight is 610 g/mol. The third-order valence-electron chi connectivity index (χ3n) is 7.20. The fourth-order valence-corrected chi connectivity index (χ4v) is 5.02. The molecule has 13 nitrogen and oxygen atoms in total. The minimum Gasteiger partial charge on any atom is -0.480 e. The number of guanidine groups is 1. The normalized spacial score (nSPS) is 18.0. The number of aldehydes is 1. The second kappa shape index (κ2) is 17.0. The molecule has 0 spiro atoms. The maximum absolute atomic E-state index is 13.4. The first kappa shape index (κ1) is 34.0. The monoisotopic (exact) mass is 609 g/mol. The Morgan fingerprint density at radius 3 is 2.14 bits per heavy atom. The van der Waals surface area contributed by atoms with Gasteiger partial charge in [-0.1, -0.05) is 74.5 Å². The molecule has 1 heterocycles. The molecule has 238 valence electrons. The van der Waals surface area contributed by atoms with Crippen molar-refractivity contribution in [2.24, 2.45) is 16.6 Å². The molecule has 3 rings (SSSR count). The minimum atomic E-state index is -1.47. The third kappa shape index (κ3) is 11.0. The van der Waals surface area contributed by atoms with E-state index in [1.807, 2.05) is 44.2 Å². The molecule has 0 fully saturated rings. The van der Waals surface area contributed by atoms with Gasteiger partial charge in [-0.15, -0.1) is 0 Å². The summed E-state index contributed by atoms with van der Waals surface area (Å²) in [5.74, 6) is -1.55. The van der Waals surface area contributed by atoms with Crippen molar-refractivity contribution >= 4 is 30.2 Å². The number of carboxylic acid groups (broad SMARTS) is 1. The highest BCUT2D eigenvalue weighted by atomic mass is 16.4. The zero-order valence-corrected chi connectivity index (χ0v) is 25.0. The maximum atomic E-state index is 13.4. The molecule has 0 bridgehead atoms. The van der Waals surface area contributed by atoms with Crippen molar-refractivity contribution in [2.75, 3.05) is 6.54 Å². The Morgan fingerprint density at radius 2 is 1.59 bits per heavy atom. The van der Waals surface area contributed by atoms with Crippen molar-refractivity contribution in [1.82, 2.24) is 26.6 Å². The second-order valence-electron chi connectivity index (χ2n) is 11.3. The Kier molecular flexibility index (Phi) is 13.1. The molecule has 13 heteroatoms. The van der Waals surface area contributed by atoms with Crippen LogP contribution < -0.4 is 32.3 Å². The van der Waals surface area contributed by atoms with E-state index in [4.69, 9.17) is 5.73 Å². The molecule has 1 aliphatic heterocycles. The first-order valence-electron chi connectivity index (χ1n) is 14.7. The number of carbonyl (C=O) groups is 4. The Bertz CT molecular complexity index is 1260. The number of nitrogens with zero attached hydrogens (tertiary/aromatic N) is 1. The molecule has 0 saturated heterocycles. The van der Waals surface area contributed by atoms with E-state index in [1.165, 1.54) is 0 Å². The Balaban J connectivity index is 1.74. The number of rotatable bonds is 16. The van der Waals surface area contributed by atoms with Gasteiger partial charge < -0.3 is 42.0 Å². The zero-order chi connectivity index (χ0) is 32.1. The van der Waals surface area contributed by atoms with Crippen molar-refractivity contribution in [3.8, 4) is 0 Å². The summed E-state index contributed by atoms with van der Waals surface area (Å²) in [6.07, 6.45) is 0.259. The molecule has 0 radical (unpaired) electrons. The standard InChI is InChI=1S/C31H43N7O6/c1-19(2)15-24(27(40)34-22(18-39)16-20-9-5-3-6-10-20)35-28(41)26(23-13-14-33-30(32)36-23)38-31(44)37-25(29(42)43)17-21-11-7-4-8-12-21/h3-12,18-19,22-26,28,35,41H,13-17H2,1-2H3,(H,34,40)(H,42,43)(H3,32,33,36)(H2,37,38,44)/t22-,23?,24-,25-,26-,28+/m0/s1. The number of aliphatic imine (C=N–C) groups is 1. The highest BCUT2D eigenvalue weighted by Gasteiger charge is 2.35. The van der Waals surface area contributed by atoms with Gasteiger partial charge in [-0.05, 0) is 36.3 Å². The number of nitrogens with two attached hydrogens (primary N) is 1. The number of aliphatic hydroxyl groups excluding tert-OH is 1. The second-order valence-corrected chi connectivity index (χ2v) is 11.3. The van der Waals surface area contributed by atoms with Gasteiger partial charge in [0.15, 0.2) is 5.96 Å². The summed E-state index contributed by atoms with van der Waals surface area (Å²) in [5, 5.41) is 34.9. The molecule has 6 atom stereocenters. The van der Waals surface area contributed by atoms with Crippen molar-refractivity contribution in [3.05, 3.63) is 71.8 Å². The number of aliphatic carboxylic acids is 1. The molecule has 0 saturated carbocycles. The first-order chi connectivity index (χ1) is 21.0. The predicted molar refractivity (Wildman–Crippen MR) is 166 cm³/mol. The van der Waals surface area contributed by atoms with E-state index in [9.17, 15) is 29.4 Å². The zero-order valence-electron chi connectivity index (χ0n) is 25.0. The molecule has 1 unspecified atom stereocenters. The van der Waals surface area contributed by atoms with Gasteiger partial charge in [-0.25, -0.2) is 9.59 Å². The highest BCUT2D eigenvalue weighted by Crippen LogP contribution is 2.12. The van der Waals surface area contributed by atoms with E-state index in [-0.39, 0.29) is 18.3 Å². The van der Waals surface area contributed by atoms with Crippen LogP contribution in [0, 0.1) is 5.92 Å². The SMILES string of the molecule is CC(C)C[C@H](N[C@H](O)[C@@H](NC(=O)N[C@@H](Cc1ccccc1)C(=O)O)C1CCN=C(N)N1)C(=O)N[C@H](C=O)Cc1ccccc1. The van der Waals surface area contributed by atoms with Crippen LogP contribution in [0.1, 0.15) is 37.8 Å². The molecule has 0 aliphatic carbocycles. The maximum Gasteiger partial charge on any atom is 0.326 e. The number of hydrogen-bond donors (Lipinski definition) is 8. The van der Waals surface area contributed by atoms with E-state index in [0.717, 1.165) is 11.1 Å². The van der Waals surface area contributed by atoms with E-state index < -0.39 is 54.3 Å². The third-order valence-corrected chi connectivity index (χ3v) is 7.20. The number of aliphatic hydroxyl groups is 1. The van der Waals surface area contributed by atoms with Crippen LogP contribution in [0.4, 0.5) is 4.79 Å². The van der Waals surface area contributed by atoms with Gasteiger partial charge >= 0.3 is 12.0 Å². The number of carbonyl (C=O) groups excluding carboxylic acids is 3. The van der Waals surface area contributed by atoms with Gasteiger partial charge in [0.25, 0.3) is 0 Å². The number of carboxylic acids is 1. The number of urea groups is 1. The van der Waals surface area contributed by atoms with E-state index >= 15 is 0 Å². The Labute approximate surface area is 257 Å². The van der Waals surface area contributed by atoms with Crippen LogP contribution in [-0.2, 0) is 27.2 Å². The van der Waals surface area contributed by atoms with Gasteiger partial charge in [0.2, 0.25) is 5.91 Å². The van der Waals surface area contributed by atoms with Crippen molar-refractivity contribution in [3.63, 3.8) is 0 Å². The van der Waals surface area contributed by atoms with E-state index in [0.29, 0.717) is 32.1 Å². The van der Waals surface area contributed by atoms with Crippen LogP contribution in [0.2, 0.25) is 0 Å². The van der Waals surface area contributed by atoms with Crippen LogP contribution in [0.25, 0.3) is 0 Å². The molecule has 3 amide bonds. The molecular formula is C31H43N7O6. The molecule has 2 aromatic carbocycles. The van der Waals surface area contributed by atoms with Crippen molar-refractivity contribution in [2.45, 2.75) is 76.0 Å². The molecular weight excluding hydrogens is 566 g/mol. The van der Waals surface area contributed by atoms with Crippen molar-refractivity contribution in [1.29, 1.82) is 0 Å². The van der Waals surface area contributed by atoms with Crippen LogP contribution >= 0.6 is 0 Å². The lowest BCUT2D eigenvalue weighted by atomic mass is 9.98. The van der Waals surface area contributed by atoms with Crippen LogP contribution in [0.3, 0.4) is 0 Å². The molecule has 9 N–H and O–H groups in total. The fraction of sp³-hybridized carbons (Fsp3) is 0.452. The Morgan fingerprint density at radius 1 is 0.977 bits per heavy atom. The summed E-state index contributed by atoms with van der Waals surface area (Å²) >= 11 is 0. The number of amides is 3. The predicted octanol–water partition coefficient (Wildman–Crippen LogP) is 0.276. The van der Waals surface area contributed by atoms with Gasteiger partial charge in [0, 0.05) is 13.0 Å². The van der Waals surface area contributed by atoms with Gasteiger partial charge in [0.1, 0.15) is 18.6 Å². The van der Waals surface area contributed by atoms with Gasteiger partial charge in [-0.2, -0.15) is 0 Å². The summed E-state index contributed by atoms with van der Waals surface area (Å²) in [6, 6.07) is 12.7. The minimum absolute atomic E-state index is 0.0360. The fourth-order valence-electron chi connectivity index (χ4n) is 5.02. The van der Waals surface area contributed by atoms with E-state index in [2.05, 4.69) is 31.6 Å². The first-order valence-corrected chi connectivity index (χ1v) is 14.7. The largest absolute Gasteiger partial charge is 0.480 e. The van der Waals surface area contributed by atoms with Crippen LogP contribution in [0.15, 0.2) is 65.7 Å². The van der Waals surface area contributed by atoms with Gasteiger partial charge in [-0.3, -0.25) is 15.1 Å². The van der Waals surface area contributed by atoms with Crippen molar-refractivity contribution < 1.29 is 29.4 Å². The number of nitrogens with one attached hydrogen (secondary N) is 5. The van der Waals surface area contributed by atoms with E-state index in [1.54, 1.807) is 30.3 Å². The molecule has 44 heavy (non-hydrogen) atoms. The number of hydrogen-bond acceptors (Lipinski definition) is 9. The summed E-state index contributed by atoms with van der Waals surface area (Å²) in [5.41, 5.74) is 7.48. The quantitative estimate of drug-likeness (QED) is 0.0970.